The third kappa shape index (κ3) is 4.98. The number of cyclic esters (lactones) is 1. The molecule has 11 heteroatoms. The van der Waals surface area contributed by atoms with Crippen LogP contribution in [0.15, 0.2) is 24.3 Å². The third-order valence-electron chi connectivity index (χ3n) is 4.53. The fourth-order valence-electron chi connectivity index (χ4n) is 2.98. The van der Waals surface area contributed by atoms with Crippen molar-refractivity contribution in [2.24, 2.45) is 5.14 Å². The number of rotatable bonds is 5. The van der Waals surface area contributed by atoms with Gasteiger partial charge in [0.15, 0.2) is 0 Å². The van der Waals surface area contributed by atoms with Gasteiger partial charge in [0.2, 0.25) is 0 Å². The standard InChI is InChI=1S/C16H22F2N4O3S2/c17-14(18)15(26)20-9-13-10-22(16(23)25-13)12-3-1-11(2-4-12)21-5-7-27(19,24)8-6-21/h1-4,13-14,24H,5-10,19H2,(H,20,26)/t13-/m0/s1. The number of ether oxygens (including phenoxy) is 1. The third-order valence-corrected chi connectivity index (χ3v) is 6.63. The molecule has 0 unspecified atom stereocenters. The van der Waals surface area contributed by atoms with Crippen molar-refractivity contribution in [3.8, 4) is 0 Å². The maximum absolute atomic E-state index is 12.4. The molecule has 4 N–H and O–H groups in total. The van der Waals surface area contributed by atoms with E-state index in [1.54, 1.807) is 0 Å². The number of nitrogens with zero attached hydrogens (tertiary/aromatic N) is 2. The van der Waals surface area contributed by atoms with Crippen molar-refractivity contribution in [2.75, 3.05) is 47.5 Å². The van der Waals surface area contributed by atoms with Crippen LogP contribution >= 0.6 is 22.7 Å². The Morgan fingerprint density at radius 3 is 2.52 bits per heavy atom. The summed E-state index contributed by atoms with van der Waals surface area (Å²) < 4.78 is 39.9. The highest BCUT2D eigenvalue weighted by Gasteiger charge is 2.33. The Labute approximate surface area is 163 Å². The Morgan fingerprint density at radius 2 is 1.93 bits per heavy atom. The summed E-state index contributed by atoms with van der Waals surface area (Å²) in [5.41, 5.74) is 1.65. The number of amides is 1. The lowest BCUT2D eigenvalue weighted by atomic mass is 10.2. The second-order valence-electron chi connectivity index (χ2n) is 6.47. The molecule has 0 saturated carbocycles. The number of anilines is 2. The molecule has 0 aromatic heterocycles. The van der Waals surface area contributed by atoms with Gasteiger partial charge >= 0.3 is 6.09 Å². The second kappa shape index (κ2) is 8.13. The summed E-state index contributed by atoms with van der Waals surface area (Å²) in [5.74, 6) is 1.14. The molecule has 2 saturated heterocycles. The molecule has 0 spiro atoms. The van der Waals surface area contributed by atoms with Crippen molar-refractivity contribution in [3.05, 3.63) is 24.3 Å². The molecule has 3 rings (SSSR count). The summed E-state index contributed by atoms with van der Waals surface area (Å²) in [6, 6.07) is 7.42. The van der Waals surface area contributed by atoms with E-state index >= 15 is 0 Å². The molecule has 150 valence electrons. The molecule has 0 aliphatic carbocycles. The number of alkyl halides is 2. The minimum Gasteiger partial charge on any atom is -0.442 e. The fraction of sp³-hybridized carbons (Fsp3) is 0.500. The van der Waals surface area contributed by atoms with E-state index in [9.17, 15) is 18.1 Å². The van der Waals surface area contributed by atoms with E-state index in [-0.39, 0.29) is 13.1 Å². The lowest BCUT2D eigenvalue weighted by Gasteiger charge is -2.40. The van der Waals surface area contributed by atoms with Crippen molar-refractivity contribution in [1.29, 1.82) is 0 Å². The van der Waals surface area contributed by atoms with Gasteiger partial charge in [-0.15, -0.1) is 0 Å². The summed E-state index contributed by atoms with van der Waals surface area (Å²) in [6.45, 7) is 1.67. The predicted molar refractivity (Wildman–Crippen MR) is 107 cm³/mol. The van der Waals surface area contributed by atoms with E-state index in [2.05, 4.69) is 22.4 Å². The van der Waals surface area contributed by atoms with E-state index in [1.807, 2.05) is 24.3 Å². The number of halogens is 2. The van der Waals surface area contributed by atoms with Crippen LogP contribution in [0.4, 0.5) is 25.0 Å². The van der Waals surface area contributed by atoms with Gasteiger partial charge in [0.1, 0.15) is 11.1 Å². The van der Waals surface area contributed by atoms with Crippen LogP contribution in [0.3, 0.4) is 0 Å². The molecular weight excluding hydrogens is 398 g/mol. The van der Waals surface area contributed by atoms with Crippen molar-refractivity contribution < 1.29 is 22.9 Å². The number of nitrogens with one attached hydrogen (secondary N) is 1. The van der Waals surface area contributed by atoms with Crippen molar-refractivity contribution >= 4 is 45.2 Å². The minimum absolute atomic E-state index is 0.0433. The first-order valence-electron chi connectivity index (χ1n) is 8.43. The van der Waals surface area contributed by atoms with Crippen LogP contribution in [-0.2, 0) is 4.74 Å². The number of thiocarbonyl (C=S) groups is 1. The van der Waals surface area contributed by atoms with Gasteiger partial charge in [0, 0.05) is 36.0 Å². The van der Waals surface area contributed by atoms with Gasteiger partial charge in [-0.3, -0.25) is 10.0 Å². The molecule has 27 heavy (non-hydrogen) atoms. The molecule has 1 amide bonds. The molecule has 1 aromatic carbocycles. The number of nitrogens with two attached hydrogens (primary N) is 1. The van der Waals surface area contributed by atoms with Crippen LogP contribution in [0.2, 0.25) is 0 Å². The molecule has 7 nitrogen and oxygen atoms in total. The zero-order chi connectivity index (χ0) is 19.6. The minimum atomic E-state index is -2.73. The Hall–Kier alpha value is -1.69. The van der Waals surface area contributed by atoms with Crippen LogP contribution in [0.1, 0.15) is 0 Å². The Bertz CT molecular complexity index is 695. The average molecular weight is 421 g/mol. The lowest BCUT2D eigenvalue weighted by Crippen LogP contribution is -2.41. The predicted octanol–water partition coefficient (Wildman–Crippen LogP) is 2.17. The summed E-state index contributed by atoms with van der Waals surface area (Å²) in [5, 5.41) is 8.23. The number of carbonyl (C=O) groups excluding carboxylic acids is 1. The van der Waals surface area contributed by atoms with Gasteiger partial charge in [-0.2, -0.15) is 0 Å². The molecular formula is C16H22F2N4O3S2. The van der Waals surface area contributed by atoms with Crippen LogP contribution in [0.5, 0.6) is 0 Å². The number of carbonyl (C=O) groups is 1. The van der Waals surface area contributed by atoms with E-state index in [1.165, 1.54) is 4.90 Å². The lowest BCUT2D eigenvalue weighted by molar-refractivity contribution is 0.142. The fourth-order valence-corrected chi connectivity index (χ4v) is 4.34. The van der Waals surface area contributed by atoms with Crippen LogP contribution < -0.4 is 20.3 Å². The zero-order valence-corrected chi connectivity index (χ0v) is 16.1. The Morgan fingerprint density at radius 1 is 1.33 bits per heavy atom. The van der Waals surface area contributed by atoms with Gasteiger partial charge in [-0.05, 0) is 24.3 Å². The zero-order valence-electron chi connectivity index (χ0n) is 14.5. The number of benzene rings is 1. The SMILES string of the molecule is NS1(O)CCN(c2ccc(N3C[C@H](CNC(=S)C(F)F)OC3=O)cc2)CC1. The smallest absolute Gasteiger partial charge is 0.414 e. The summed E-state index contributed by atoms with van der Waals surface area (Å²) in [4.78, 5) is 15.1. The molecule has 2 aliphatic heterocycles. The topological polar surface area (TPSA) is 91.1 Å². The number of hydrogen-bond donors (Lipinski definition) is 3. The van der Waals surface area contributed by atoms with Gasteiger partial charge in [0.05, 0.1) is 13.1 Å². The van der Waals surface area contributed by atoms with Crippen LogP contribution in [-0.4, -0.2) is 65.8 Å². The molecule has 1 aromatic rings. The normalized spacial score (nSPS) is 23.3. The Kier molecular flexibility index (Phi) is 6.04. The number of hydrogen-bond acceptors (Lipinski definition) is 6. The van der Waals surface area contributed by atoms with Gasteiger partial charge in [-0.1, -0.05) is 22.7 Å². The highest BCUT2D eigenvalue weighted by atomic mass is 32.3. The summed E-state index contributed by atoms with van der Waals surface area (Å²) in [6.07, 6.45) is -3.80. The maximum Gasteiger partial charge on any atom is 0.414 e. The van der Waals surface area contributed by atoms with Crippen LogP contribution in [0, 0.1) is 0 Å². The highest BCUT2D eigenvalue weighted by molar-refractivity contribution is 8.27. The Balaban J connectivity index is 1.57. The quantitative estimate of drug-likeness (QED) is 0.629. The van der Waals surface area contributed by atoms with E-state index in [0.29, 0.717) is 30.3 Å². The largest absolute Gasteiger partial charge is 0.442 e. The van der Waals surface area contributed by atoms with Gasteiger partial charge in [-0.25, -0.2) is 13.6 Å². The summed E-state index contributed by atoms with van der Waals surface area (Å²) >= 11 is 4.51. The van der Waals surface area contributed by atoms with E-state index < -0.39 is 34.1 Å². The van der Waals surface area contributed by atoms with E-state index in [4.69, 9.17) is 9.88 Å². The van der Waals surface area contributed by atoms with Crippen molar-refractivity contribution in [1.82, 2.24) is 5.32 Å². The van der Waals surface area contributed by atoms with Crippen LogP contribution in [0.25, 0.3) is 0 Å². The summed E-state index contributed by atoms with van der Waals surface area (Å²) in [7, 11) is -1.95. The molecule has 2 aliphatic rings. The monoisotopic (exact) mass is 420 g/mol. The van der Waals surface area contributed by atoms with Crippen molar-refractivity contribution in [2.45, 2.75) is 12.5 Å². The average Bonchev–Trinajstić information content (AvgIpc) is 3.00. The molecule has 2 fully saturated rings. The first kappa shape index (κ1) is 20.1. The molecule has 0 radical (unpaired) electrons. The van der Waals surface area contributed by atoms with Crippen molar-refractivity contribution in [3.63, 3.8) is 0 Å². The van der Waals surface area contributed by atoms with Gasteiger partial charge < -0.3 is 19.5 Å². The highest BCUT2D eigenvalue weighted by Crippen LogP contribution is 2.38. The van der Waals surface area contributed by atoms with Gasteiger partial charge in [0.25, 0.3) is 6.43 Å². The maximum atomic E-state index is 12.4. The first-order chi connectivity index (χ1) is 12.7. The molecule has 2 heterocycles. The van der Waals surface area contributed by atoms with E-state index in [0.717, 1.165) is 5.69 Å². The molecule has 1 atom stereocenters. The first-order valence-corrected chi connectivity index (χ1v) is 10.8. The molecule has 0 bridgehead atoms. The second-order valence-corrected chi connectivity index (χ2v) is 9.53.